The predicted octanol–water partition coefficient (Wildman–Crippen LogP) is 1.65. The third kappa shape index (κ3) is 9.16. The third-order valence-electron chi connectivity index (χ3n) is 0.882. The first-order chi connectivity index (χ1) is 3.27. The third-order valence-corrected chi connectivity index (χ3v) is 0.882. The topological polar surface area (TPSA) is 45.6 Å². The molecule has 0 saturated carbocycles. The van der Waals surface area contributed by atoms with Crippen LogP contribution < -0.4 is 0 Å². The lowest BCUT2D eigenvalue weighted by Gasteiger charge is -1.86. The summed E-state index contributed by atoms with van der Waals surface area (Å²) in [5.74, 6) is 0.307. The van der Waals surface area contributed by atoms with Crippen molar-refractivity contribution < 1.29 is 10.3 Å². The molecule has 0 fully saturated rings. The van der Waals surface area contributed by atoms with Gasteiger partial charge in [0, 0.05) is 11.9 Å². The molecule has 0 spiro atoms. The van der Waals surface area contributed by atoms with Gasteiger partial charge in [0.25, 0.3) is 0 Å². The maximum absolute atomic E-state index is 10.2. The SMILES string of the molecule is CCCCC(C)=O.[O]. The zero-order valence-corrected chi connectivity index (χ0v) is 5.44. The van der Waals surface area contributed by atoms with Crippen LogP contribution in [0.15, 0.2) is 0 Å². The van der Waals surface area contributed by atoms with Gasteiger partial charge in [-0.15, -0.1) is 0 Å². The number of ketones is 1. The minimum Gasteiger partial charge on any atom is -0.300 e. The van der Waals surface area contributed by atoms with Gasteiger partial charge in [0.05, 0.1) is 0 Å². The lowest BCUT2D eigenvalue weighted by atomic mass is 10.2. The molecule has 0 amide bonds. The van der Waals surface area contributed by atoms with Crippen molar-refractivity contribution in [3.8, 4) is 0 Å². The van der Waals surface area contributed by atoms with E-state index in [4.69, 9.17) is 0 Å². The first kappa shape index (κ1) is 10.6. The minimum absolute atomic E-state index is 0. The molecule has 2 nitrogen and oxygen atoms in total. The molecule has 0 aliphatic carbocycles. The Hall–Kier alpha value is -0.370. The number of hydrogen-bond acceptors (Lipinski definition) is 1. The van der Waals surface area contributed by atoms with E-state index in [9.17, 15) is 4.79 Å². The van der Waals surface area contributed by atoms with Crippen LogP contribution in [0.2, 0.25) is 0 Å². The summed E-state index contributed by atoms with van der Waals surface area (Å²) in [7, 11) is 0. The van der Waals surface area contributed by atoms with E-state index in [0.29, 0.717) is 5.78 Å². The Bertz CT molecular complexity index is 59.5. The second kappa shape index (κ2) is 6.63. The smallest absolute Gasteiger partial charge is 0.129 e. The number of hydrogen-bond donors (Lipinski definition) is 0. The van der Waals surface area contributed by atoms with Gasteiger partial charge in [-0.1, -0.05) is 13.3 Å². The molecule has 0 aliphatic rings. The Morgan fingerprint density at radius 1 is 1.50 bits per heavy atom. The van der Waals surface area contributed by atoms with Gasteiger partial charge in [0.15, 0.2) is 0 Å². The number of Topliss-reactive ketones (excluding diaryl/α,β-unsaturated/α-hetero) is 1. The molecular weight excluding hydrogens is 104 g/mol. The van der Waals surface area contributed by atoms with Crippen molar-refractivity contribution in [1.29, 1.82) is 0 Å². The molecule has 0 atom stereocenters. The molecule has 2 heteroatoms. The van der Waals surface area contributed by atoms with Crippen LogP contribution in [0.25, 0.3) is 0 Å². The normalized spacial score (nSPS) is 7.75. The lowest BCUT2D eigenvalue weighted by molar-refractivity contribution is -0.117. The first-order valence-corrected chi connectivity index (χ1v) is 2.76. The van der Waals surface area contributed by atoms with Crippen molar-refractivity contribution in [2.45, 2.75) is 33.1 Å². The molecule has 0 saturated heterocycles. The summed E-state index contributed by atoms with van der Waals surface area (Å²) in [6, 6.07) is 0. The second-order valence-corrected chi connectivity index (χ2v) is 1.81. The molecule has 0 N–H and O–H groups in total. The van der Waals surface area contributed by atoms with E-state index in [1.54, 1.807) is 6.92 Å². The number of carbonyl (C=O) groups is 1. The first-order valence-electron chi connectivity index (χ1n) is 2.76. The summed E-state index contributed by atoms with van der Waals surface area (Å²) in [5, 5.41) is 0. The van der Waals surface area contributed by atoms with Gasteiger partial charge >= 0.3 is 0 Å². The van der Waals surface area contributed by atoms with Crippen molar-refractivity contribution in [3.05, 3.63) is 0 Å². The fraction of sp³-hybridized carbons (Fsp3) is 0.833. The minimum atomic E-state index is 0. The molecule has 0 heterocycles. The van der Waals surface area contributed by atoms with E-state index in [-0.39, 0.29) is 5.48 Å². The highest BCUT2D eigenvalue weighted by molar-refractivity contribution is 5.75. The highest BCUT2D eigenvalue weighted by Gasteiger charge is 1.87. The fourth-order valence-corrected chi connectivity index (χ4v) is 0.426. The van der Waals surface area contributed by atoms with Crippen LogP contribution in [0.4, 0.5) is 0 Å². The summed E-state index contributed by atoms with van der Waals surface area (Å²) in [6.07, 6.45) is 2.94. The second-order valence-electron chi connectivity index (χ2n) is 1.81. The maximum Gasteiger partial charge on any atom is 0.129 e. The molecule has 48 valence electrons. The zero-order chi connectivity index (χ0) is 5.70. The zero-order valence-electron chi connectivity index (χ0n) is 5.44. The standard InChI is InChI=1S/C6H12O.O/c1-3-4-5-6(2)7;/h3-5H2,1-2H3;. The fourth-order valence-electron chi connectivity index (χ4n) is 0.426. The Morgan fingerprint density at radius 3 is 2.12 bits per heavy atom. The Morgan fingerprint density at radius 2 is 2.00 bits per heavy atom. The molecule has 8 heavy (non-hydrogen) atoms. The van der Waals surface area contributed by atoms with E-state index in [1.165, 1.54) is 0 Å². The van der Waals surface area contributed by atoms with Crippen LogP contribution in [0.1, 0.15) is 33.1 Å². The van der Waals surface area contributed by atoms with Gasteiger partial charge in [-0.3, -0.25) is 0 Å². The molecular formula is C6H12O2. The predicted molar refractivity (Wildman–Crippen MR) is 30.9 cm³/mol. The van der Waals surface area contributed by atoms with E-state index in [0.717, 1.165) is 19.3 Å². The molecule has 0 rings (SSSR count). The monoisotopic (exact) mass is 116 g/mol. The quantitative estimate of drug-likeness (QED) is 0.553. The number of carbonyl (C=O) groups excluding carboxylic acids is 1. The van der Waals surface area contributed by atoms with Gasteiger partial charge < -0.3 is 4.79 Å². The van der Waals surface area contributed by atoms with Crippen molar-refractivity contribution in [3.63, 3.8) is 0 Å². The summed E-state index contributed by atoms with van der Waals surface area (Å²) in [4.78, 5) is 10.2. The Balaban J connectivity index is 0. The molecule has 0 bridgehead atoms. The summed E-state index contributed by atoms with van der Waals surface area (Å²) in [5.41, 5.74) is 0. The van der Waals surface area contributed by atoms with Crippen LogP contribution in [0.3, 0.4) is 0 Å². The van der Waals surface area contributed by atoms with Crippen LogP contribution in [-0.4, -0.2) is 5.78 Å². The van der Waals surface area contributed by atoms with Crippen molar-refractivity contribution in [2.24, 2.45) is 0 Å². The van der Waals surface area contributed by atoms with Gasteiger partial charge in [0.2, 0.25) is 0 Å². The van der Waals surface area contributed by atoms with Gasteiger partial charge in [0.1, 0.15) is 5.78 Å². The Kier molecular flexibility index (Phi) is 8.77. The van der Waals surface area contributed by atoms with Crippen LogP contribution in [0.5, 0.6) is 0 Å². The summed E-state index contributed by atoms with van der Waals surface area (Å²) in [6.45, 7) is 3.72. The molecule has 0 aliphatic heterocycles. The van der Waals surface area contributed by atoms with Gasteiger partial charge in [-0.05, 0) is 13.3 Å². The molecule has 0 aromatic rings. The van der Waals surface area contributed by atoms with E-state index < -0.39 is 0 Å². The number of unbranched alkanes of at least 4 members (excludes halogenated alkanes) is 1. The molecule has 0 unspecified atom stereocenters. The van der Waals surface area contributed by atoms with Crippen LogP contribution in [0, 0.1) is 0 Å². The van der Waals surface area contributed by atoms with Crippen LogP contribution >= 0.6 is 0 Å². The maximum atomic E-state index is 10.2. The Labute approximate surface area is 50.2 Å². The van der Waals surface area contributed by atoms with Crippen molar-refractivity contribution in [2.75, 3.05) is 0 Å². The summed E-state index contributed by atoms with van der Waals surface area (Å²) < 4.78 is 0. The lowest BCUT2D eigenvalue weighted by Crippen LogP contribution is -1.86. The van der Waals surface area contributed by atoms with Crippen molar-refractivity contribution >= 4 is 5.78 Å². The highest BCUT2D eigenvalue weighted by Crippen LogP contribution is 1.92. The average molecular weight is 116 g/mol. The van der Waals surface area contributed by atoms with Crippen LogP contribution in [-0.2, 0) is 10.3 Å². The average Bonchev–Trinajstić information content (AvgIpc) is 1.61. The van der Waals surface area contributed by atoms with E-state index >= 15 is 0 Å². The van der Waals surface area contributed by atoms with E-state index in [2.05, 4.69) is 6.92 Å². The molecule has 2 radical (unpaired) electrons. The highest BCUT2D eigenvalue weighted by atomic mass is 16.1. The van der Waals surface area contributed by atoms with E-state index in [1.807, 2.05) is 0 Å². The molecule has 0 aromatic heterocycles. The largest absolute Gasteiger partial charge is 0.300 e. The number of rotatable bonds is 3. The summed E-state index contributed by atoms with van der Waals surface area (Å²) >= 11 is 0. The van der Waals surface area contributed by atoms with Gasteiger partial charge in [-0.25, -0.2) is 0 Å². The molecule has 0 aromatic carbocycles. The van der Waals surface area contributed by atoms with Crippen molar-refractivity contribution in [1.82, 2.24) is 0 Å². The van der Waals surface area contributed by atoms with Gasteiger partial charge in [-0.2, -0.15) is 0 Å².